The molecule has 1 aliphatic carbocycles. The molecular formula is C26H32N2O7. The van der Waals surface area contributed by atoms with Gasteiger partial charge in [0.15, 0.2) is 23.0 Å². The standard InChI is InChI=1S/C26H32N2O7/c1-28(2)6-5-27-11-17-15-9-19-20(35-13-34-19)10-16(15)23(24-18(17)12-33-26(24)30)14-7-21(31-3)25(29)22(8-14)32-4/h7-10,17-18,23-24,27,29H,5-6,11-13H2,1-4H3/t17?,18-,23-,24+/m1/s1. The maximum atomic E-state index is 13.2. The number of carbonyl (C=O) groups excluding carboxylic acids is 1. The molecule has 3 aliphatic rings. The van der Waals surface area contributed by atoms with Gasteiger partial charge in [-0.15, -0.1) is 0 Å². The van der Waals surface area contributed by atoms with Gasteiger partial charge in [0, 0.05) is 37.4 Å². The first-order valence-electron chi connectivity index (χ1n) is 11.8. The molecule has 2 N–H and O–H groups in total. The Kier molecular flexibility index (Phi) is 6.37. The summed E-state index contributed by atoms with van der Waals surface area (Å²) in [7, 11) is 7.07. The van der Waals surface area contributed by atoms with E-state index in [9.17, 15) is 9.90 Å². The van der Waals surface area contributed by atoms with Gasteiger partial charge in [-0.2, -0.15) is 0 Å². The zero-order chi connectivity index (χ0) is 24.7. The minimum absolute atomic E-state index is 0.0157. The summed E-state index contributed by atoms with van der Waals surface area (Å²) in [5.41, 5.74) is 2.91. The third-order valence-corrected chi connectivity index (χ3v) is 7.30. The Morgan fingerprint density at radius 3 is 2.31 bits per heavy atom. The summed E-state index contributed by atoms with van der Waals surface area (Å²) in [6.07, 6.45) is 0. The molecule has 2 aromatic rings. The van der Waals surface area contributed by atoms with Gasteiger partial charge < -0.3 is 39.0 Å². The number of likely N-dealkylation sites (N-methyl/N-ethyl adjacent to an activating group) is 1. The molecule has 2 aromatic carbocycles. The van der Waals surface area contributed by atoms with Gasteiger partial charge in [-0.05, 0) is 55.1 Å². The van der Waals surface area contributed by atoms with Gasteiger partial charge in [0.25, 0.3) is 0 Å². The molecule has 1 fully saturated rings. The van der Waals surface area contributed by atoms with E-state index in [-0.39, 0.29) is 53.7 Å². The lowest BCUT2D eigenvalue weighted by Crippen LogP contribution is -2.40. The zero-order valence-electron chi connectivity index (χ0n) is 20.5. The van der Waals surface area contributed by atoms with Crippen LogP contribution in [0.1, 0.15) is 28.5 Å². The number of nitrogens with zero attached hydrogens (tertiary/aromatic N) is 1. The second kappa shape index (κ2) is 9.47. The van der Waals surface area contributed by atoms with E-state index >= 15 is 0 Å². The highest BCUT2D eigenvalue weighted by Gasteiger charge is 2.52. The van der Waals surface area contributed by atoms with E-state index in [4.69, 9.17) is 23.7 Å². The van der Waals surface area contributed by atoms with Crippen molar-refractivity contribution in [2.45, 2.75) is 11.8 Å². The Hall–Kier alpha value is -3.17. The third-order valence-electron chi connectivity index (χ3n) is 7.30. The summed E-state index contributed by atoms with van der Waals surface area (Å²) < 4.78 is 27.9. The van der Waals surface area contributed by atoms with Crippen LogP contribution in [0.5, 0.6) is 28.7 Å². The van der Waals surface area contributed by atoms with Crippen molar-refractivity contribution < 1.29 is 33.6 Å². The van der Waals surface area contributed by atoms with Crippen molar-refractivity contribution in [1.29, 1.82) is 0 Å². The van der Waals surface area contributed by atoms with Crippen LogP contribution in [0.15, 0.2) is 24.3 Å². The van der Waals surface area contributed by atoms with Gasteiger partial charge in [-0.1, -0.05) is 0 Å². The van der Waals surface area contributed by atoms with Gasteiger partial charge >= 0.3 is 5.97 Å². The monoisotopic (exact) mass is 484 g/mol. The minimum Gasteiger partial charge on any atom is -0.502 e. The molecule has 0 amide bonds. The zero-order valence-corrected chi connectivity index (χ0v) is 20.5. The molecule has 2 aliphatic heterocycles. The lowest BCUT2D eigenvalue weighted by molar-refractivity contribution is -0.141. The van der Waals surface area contributed by atoms with Crippen molar-refractivity contribution in [2.24, 2.45) is 11.8 Å². The predicted molar refractivity (Wildman–Crippen MR) is 128 cm³/mol. The van der Waals surface area contributed by atoms with Gasteiger partial charge in [0.2, 0.25) is 12.5 Å². The van der Waals surface area contributed by atoms with Crippen LogP contribution in [0.2, 0.25) is 0 Å². The first-order chi connectivity index (χ1) is 16.9. The highest BCUT2D eigenvalue weighted by atomic mass is 16.7. The number of hydrogen-bond donors (Lipinski definition) is 2. The third kappa shape index (κ3) is 4.12. The molecule has 2 heterocycles. The Balaban J connectivity index is 1.63. The van der Waals surface area contributed by atoms with Crippen molar-refractivity contribution in [1.82, 2.24) is 10.2 Å². The SMILES string of the molecule is COc1cc([C@@H]2c3cc4c(cc3C(CNCCN(C)C)[C@H]3COC(=O)[C@H]23)OCO4)cc(OC)c1O. The average Bonchev–Trinajstić information content (AvgIpc) is 3.46. The van der Waals surface area contributed by atoms with Crippen molar-refractivity contribution in [3.05, 3.63) is 41.0 Å². The quantitative estimate of drug-likeness (QED) is 0.432. The maximum Gasteiger partial charge on any atom is 0.310 e. The summed E-state index contributed by atoms with van der Waals surface area (Å²) in [5, 5.41) is 14.1. The Labute approximate surface area is 204 Å². The number of benzene rings is 2. The van der Waals surface area contributed by atoms with Crippen LogP contribution in [-0.4, -0.2) is 77.3 Å². The number of methoxy groups -OCH3 is 2. The summed E-state index contributed by atoms with van der Waals surface area (Å²) in [6, 6.07) is 7.59. The molecule has 35 heavy (non-hydrogen) atoms. The van der Waals surface area contributed by atoms with Gasteiger partial charge in [0.05, 0.1) is 26.7 Å². The Morgan fingerprint density at radius 1 is 1.03 bits per heavy atom. The topological polar surface area (TPSA) is 98.7 Å². The van der Waals surface area contributed by atoms with Crippen LogP contribution in [0, 0.1) is 11.8 Å². The molecule has 9 heteroatoms. The molecule has 0 aromatic heterocycles. The Morgan fingerprint density at radius 2 is 1.69 bits per heavy atom. The van der Waals surface area contributed by atoms with E-state index in [0.29, 0.717) is 24.7 Å². The number of aromatic hydroxyl groups is 1. The number of carbonyl (C=O) groups is 1. The van der Waals surface area contributed by atoms with E-state index in [0.717, 1.165) is 29.8 Å². The van der Waals surface area contributed by atoms with Gasteiger partial charge in [-0.3, -0.25) is 4.79 Å². The predicted octanol–water partition coefficient (Wildman–Crippen LogP) is 2.31. The molecular weight excluding hydrogens is 452 g/mol. The summed E-state index contributed by atoms with van der Waals surface area (Å²) in [5.74, 6) is 1.01. The summed E-state index contributed by atoms with van der Waals surface area (Å²) in [4.78, 5) is 15.3. The van der Waals surface area contributed by atoms with Crippen molar-refractivity contribution >= 4 is 5.97 Å². The highest BCUT2D eigenvalue weighted by molar-refractivity contribution is 5.79. The second-order valence-corrected chi connectivity index (χ2v) is 9.52. The van der Waals surface area contributed by atoms with E-state index in [1.165, 1.54) is 14.2 Å². The molecule has 1 saturated heterocycles. The molecule has 4 atom stereocenters. The number of rotatable bonds is 8. The number of ether oxygens (including phenoxy) is 5. The lowest BCUT2D eigenvalue weighted by Gasteiger charge is -2.39. The van der Waals surface area contributed by atoms with Gasteiger partial charge in [0.1, 0.15) is 0 Å². The summed E-state index contributed by atoms with van der Waals surface area (Å²) in [6.45, 7) is 3.00. The molecule has 0 radical (unpaired) electrons. The van der Waals surface area contributed by atoms with Crippen molar-refractivity contribution in [3.8, 4) is 28.7 Å². The van der Waals surface area contributed by atoms with E-state index in [1.54, 1.807) is 12.1 Å². The number of fused-ring (bicyclic) bond motifs is 3. The molecule has 0 spiro atoms. The molecule has 0 bridgehead atoms. The first kappa shape index (κ1) is 23.6. The molecule has 188 valence electrons. The normalized spacial score (nSPS) is 24.2. The summed E-state index contributed by atoms with van der Waals surface area (Å²) >= 11 is 0. The van der Waals surface area contributed by atoms with E-state index in [1.807, 2.05) is 20.2 Å². The fourth-order valence-corrected chi connectivity index (χ4v) is 5.59. The van der Waals surface area contributed by atoms with Crippen molar-refractivity contribution in [2.75, 3.05) is 61.3 Å². The fraction of sp³-hybridized carbons (Fsp3) is 0.500. The van der Waals surface area contributed by atoms with Crippen LogP contribution in [-0.2, 0) is 9.53 Å². The second-order valence-electron chi connectivity index (χ2n) is 9.52. The number of hydrogen-bond acceptors (Lipinski definition) is 9. The smallest absolute Gasteiger partial charge is 0.310 e. The maximum absolute atomic E-state index is 13.2. The van der Waals surface area contributed by atoms with Crippen LogP contribution < -0.4 is 24.3 Å². The average molecular weight is 485 g/mol. The lowest BCUT2D eigenvalue weighted by atomic mass is 9.62. The number of nitrogens with one attached hydrogen (secondary N) is 1. The van der Waals surface area contributed by atoms with Crippen LogP contribution in [0.4, 0.5) is 0 Å². The number of cyclic esters (lactones) is 1. The van der Waals surface area contributed by atoms with Crippen LogP contribution in [0.3, 0.4) is 0 Å². The number of phenolic OH excluding ortho intramolecular Hbond substituents is 1. The highest BCUT2D eigenvalue weighted by Crippen LogP contribution is 2.56. The van der Waals surface area contributed by atoms with Gasteiger partial charge in [-0.25, -0.2) is 0 Å². The Bertz CT molecular complexity index is 1090. The fourth-order valence-electron chi connectivity index (χ4n) is 5.59. The first-order valence-corrected chi connectivity index (χ1v) is 11.8. The van der Waals surface area contributed by atoms with Crippen LogP contribution in [0.25, 0.3) is 0 Å². The molecule has 5 rings (SSSR count). The number of esters is 1. The van der Waals surface area contributed by atoms with Crippen molar-refractivity contribution in [3.63, 3.8) is 0 Å². The molecule has 9 nitrogen and oxygen atoms in total. The molecule has 0 saturated carbocycles. The largest absolute Gasteiger partial charge is 0.502 e. The minimum atomic E-state index is -0.387. The molecule has 1 unspecified atom stereocenters. The number of phenols is 1. The van der Waals surface area contributed by atoms with Crippen LogP contribution >= 0.6 is 0 Å². The van der Waals surface area contributed by atoms with E-state index in [2.05, 4.69) is 16.3 Å². The van der Waals surface area contributed by atoms with E-state index < -0.39 is 0 Å².